The predicted molar refractivity (Wildman–Crippen MR) is 114 cm³/mol. The second-order valence-electron chi connectivity index (χ2n) is 7.34. The SMILES string of the molecule is O=C1Nc2ccccc2C1C=Nc1ccc(OCCCCN2CCOCC2)cc1. The molecule has 4 rings (SSSR count). The van der Waals surface area contributed by atoms with Crippen molar-refractivity contribution in [3.8, 4) is 5.75 Å². The van der Waals surface area contributed by atoms with Gasteiger partial charge in [-0.1, -0.05) is 18.2 Å². The lowest BCUT2D eigenvalue weighted by Gasteiger charge is -2.26. The second kappa shape index (κ2) is 9.67. The van der Waals surface area contributed by atoms with Crippen LogP contribution in [0.1, 0.15) is 24.3 Å². The molecule has 0 aliphatic carbocycles. The van der Waals surface area contributed by atoms with Gasteiger partial charge in [-0.15, -0.1) is 0 Å². The molecule has 152 valence electrons. The van der Waals surface area contributed by atoms with E-state index in [9.17, 15) is 4.79 Å². The number of carbonyl (C=O) groups excluding carboxylic acids is 1. The molecule has 1 saturated heterocycles. The van der Waals surface area contributed by atoms with E-state index in [0.717, 1.165) is 68.4 Å². The molecular formula is C23H27N3O3. The number of rotatable bonds is 8. The van der Waals surface area contributed by atoms with Gasteiger partial charge in [0.05, 0.1) is 25.5 Å². The molecule has 2 aliphatic rings. The highest BCUT2D eigenvalue weighted by Crippen LogP contribution is 2.31. The Morgan fingerprint density at radius 1 is 1.10 bits per heavy atom. The zero-order chi connectivity index (χ0) is 19.9. The molecule has 0 radical (unpaired) electrons. The third-order valence-electron chi connectivity index (χ3n) is 5.29. The number of nitrogens with one attached hydrogen (secondary N) is 1. The number of anilines is 1. The van der Waals surface area contributed by atoms with Crippen LogP contribution in [0.2, 0.25) is 0 Å². The van der Waals surface area contributed by atoms with Crippen LogP contribution in [0.4, 0.5) is 11.4 Å². The van der Waals surface area contributed by atoms with Gasteiger partial charge in [0.15, 0.2) is 0 Å². The number of carbonyl (C=O) groups is 1. The summed E-state index contributed by atoms with van der Waals surface area (Å²) < 4.78 is 11.2. The average molecular weight is 393 g/mol. The molecule has 6 nitrogen and oxygen atoms in total. The fourth-order valence-corrected chi connectivity index (χ4v) is 3.62. The van der Waals surface area contributed by atoms with Gasteiger partial charge < -0.3 is 14.8 Å². The lowest BCUT2D eigenvalue weighted by atomic mass is 10.0. The molecule has 2 aromatic rings. The summed E-state index contributed by atoms with van der Waals surface area (Å²) in [6.45, 7) is 5.60. The van der Waals surface area contributed by atoms with E-state index in [-0.39, 0.29) is 11.8 Å². The van der Waals surface area contributed by atoms with Gasteiger partial charge in [-0.3, -0.25) is 14.7 Å². The predicted octanol–water partition coefficient (Wildman–Crippen LogP) is 3.62. The molecular weight excluding hydrogens is 366 g/mol. The van der Waals surface area contributed by atoms with E-state index < -0.39 is 0 Å². The fraction of sp³-hybridized carbons (Fsp3) is 0.391. The molecule has 29 heavy (non-hydrogen) atoms. The number of benzene rings is 2. The lowest BCUT2D eigenvalue weighted by molar-refractivity contribution is -0.115. The monoisotopic (exact) mass is 393 g/mol. The molecule has 1 fully saturated rings. The Balaban J connectivity index is 1.22. The van der Waals surface area contributed by atoms with Gasteiger partial charge in [-0.2, -0.15) is 0 Å². The third-order valence-corrected chi connectivity index (χ3v) is 5.29. The molecule has 1 amide bonds. The van der Waals surface area contributed by atoms with Crippen LogP contribution in [0.15, 0.2) is 53.5 Å². The summed E-state index contributed by atoms with van der Waals surface area (Å²) in [6.07, 6.45) is 3.88. The lowest BCUT2D eigenvalue weighted by Crippen LogP contribution is -2.36. The molecule has 0 spiro atoms. The van der Waals surface area contributed by atoms with Crippen molar-refractivity contribution >= 4 is 23.5 Å². The highest BCUT2D eigenvalue weighted by Gasteiger charge is 2.28. The van der Waals surface area contributed by atoms with Crippen molar-refractivity contribution < 1.29 is 14.3 Å². The van der Waals surface area contributed by atoms with Crippen molar-refractivity contribution in [3.05, 3.63) is 54.1 Å². The van der Waals surface area contributed by atoms with Crippen LogP contribution in [0.3, 0.4) is 0 Å². The number of hydrogen-bond donors (Lipinski definition) is 1. The maximum atomic E-state index is 12.1. The normalized spacial score (nSPS) is 19.3. The van der Waals surface area contributed by atoms with Crippen LogP contribution in [-0.2, 0) is 9.53 Å². The number of ether oxygens (including phenoxy) is 2. The Bertz CT molecular complexity index is 845. The minimum absolute atomic E-state index is 0.0352. The second-order valence-corrected chi connectivity index (χ2v) is 7.34. The summed E-state index contributed by atoms with van der Waals surface area (Å²) in [6, 6.07) is 15.4. The molecule has 0 bridgehead atoms. The minimum atomic E-state index is -0.339. The highest BCUT2D eigenvalue weighted by atomic mass is 16.5. The summed E-state index contributed by atoms with van der Waals surface area (Å²) in [5.41, 5.74) is 2.64. The van der Waals surface area contributed by atoms with Crippen LogP contribution in [0.5, 0.6) is 5.75 Å². The Hall–Kier alpha value is -2.70. The molecule has 2 aliphatic heterocycles. The topological polar surface area (TPSA) is 63.2 Å². The van der Waals surface area contributed by atoms with Crippen LogP contribution in [0.25, 0.3) is 0 Å². The first kappa shape index (κ1) is 19.6. The maximum absolute atomic E-state index is 12.1. The summed E-state index contributed by atoms with van der Waals surface area (Å²) in [7, 11) is 0. The number of hydrogen-bond acceptors (Lipinski definition) is 5. The van der Waals surface area contributed by atoms with Gasteiger partial charge in [-0.05, 0) is 55.3 Å². The number of aliphatic imine (C=N–C) groups is 1. The first-order valence-electron chi connectivity index (χ1n) is 10.3. The Morgan fingerprint density at radius 3 is 2.72 bits per heavy atom. The molecule has 6 heteroatoms. The van der Waals surface area contributed by atoms with E-state index in [0.29, 0.717) is 6.61 Å². The first-order valence-corrected chi connectivity index (χ1v) is 10.3. The molecule has 1 atom stereocenters. The molecule has 2 heterocycles. The summed E-state index contributed by atoms with van der Waals surface area (Å²) >= 11 is 0. The summed E-state index contributed by atoms with van der Waals surface area (Å²) in [5.74, 6) is 0.472. The van der Waals surface area contributed by atoms with E-state index in [1.165, 1.54) is 0 Å². The number of fused-ring (bicyclic) bond motifs is 1. The maximum Gasteiger partial charge on any atom is 0.237 e. The van der Waals surface area contributed by atoms with E-state index in [1.54, 1.807) is 6.21 Å². The molecule has 2 aromatic carbocycles. The minimum Gasteiger partial charge on any atom is -0.494 e. The highest BCUT2D eigenvalue weighted by molar-refractivity contribution is 6.12. The first-order chi connectivity index (χ1) is 14.3. The Kier molecular flexibility index (Phi) is 6.54. The van der Waals surface area contributed by atoms with Gasteiger partial charge in [0.1, 0.15) is 11.7 Å². The molecule has 1 N–H and O–H groups in total. The van der Waals surface area contributed by atoms with E-state index in [4.69, 9.17) is 9.47 Å². The van der Waals surface area contributed by atoms with E-state index in [1.807, 2.05) is 48.5 Å². The van der Waals surface area contributed by atoms with Crippen LogP contribution in [-0.4, -0.2) is 56.5 Å². The van der Waals surface area contributed by atoms with Gasteiger partial charge >= 0.3 is 0 Å². The van der Waals surface area contributed by atoms with E-state index >= 15 is 0 Å². The quantitative estimate of drug-likeness (QED) is 0.550. The Labute approximate surface area is 171 Å². The van der Waals surface area contributed by atoms with Gasteiger partial charge in [0.25, 0.3) is 0 Å². The largest absolute Gasteiger partial charge is 0.494 e. The molecule has 1 unspecified atom stereocenters. The molecule has 0 aromatic heterocycles. The van der Waals surface area contributed by atoms with Crippen molar-refractivity contribution in [3.63, 3.8) is 0 Å². The summed E-state index contributed by atoms with van der Waals surface area (Å²) in [5, 5.41) is 2.89. The van der Waals surface area contributed by atoms with Gasteiger partial charge in [0.2, 0.25) is 5.91 Å². The van der Waals surface area contributed by atoms with Crippen molar-refractivity contribution in [1.82, 2.24) is 4.90 Å². The number of morpholine rings is 1. The van der Waals surface area contributed by atoms with E-state index in [2.05, 4.69) is 15.2 Å². The van der Waals surface area contributed by atoms with Crippen LogP contribution < -0.4 is 10.1 Å². The van der Waals surface area contributed by atoms with Gasteiger partial charge in [0, 0.05) is 25.0 Å². The average Bonchev–Trinajstić information content (AvgIpc) is 3.08. The number of para-hydroxylation sites is 1. The third kappa shape index (κ3) is 5.22. The number of nitrogens with zero attached hydrogens (tertiary/aromatic N) is 2. The standard InChI is InChI=1S/C23H27N3O3/c27-23-21(20-5-1-2-6-22(20)25-23)17-24-18-7-9-19(10-8-18)29-14-4-3-11-26-12-15-28-16-13-26/h1-2,5-10,17,21H,3-4,11-16H2,(H,25,27). The van der Waals surface area contributed by atoms with Crippen LogP contribution >= 0.6 is 0 Å². The number of amides is 1. The van der Waals surface area contributed by atoms with Crippen molar-refractivity contribution in [2.75, 3.05) is 44.8 Å². The smallest absolute Gasteiger partial charge is 0.237 e. The molecule has 0 saturated carbocycles. The van der Waals surface area contributed by atoms with Crippen molar-refractivity contribution in [1.29, 1.82) is 0 Å². The Morgan fingerprint density at radius 2 is 1.90 bits per heavy atom. The van der Waals surface area contributed by atoms with Crippen LogP contribution in [0, 0.1) is 0 Å². The van der Waals surface area contributed by atoms with Gasteiger partial charge in [-0.25, -0.2) is 0 Å². The van der Waals surface area contributed by atoms with Crippen molar-refractivity contribution in [2.24, 2.45) is 4.99 Å². The zero-order valence-corrected chi connectivity index (χ0v) is 16.5. The van der Waals surface area contributed by atoms with Crippen molar-refractivity contribution in [2.45, 2.75) is 18.8 Å². The fourth-order valence-electron chi connectivity index (χ4n) is 3.62. The zero-order valence-electron chi connectivity index (χ0n) is 16.5. The number of unbranched alkanes of at least 4 members (excludes halogenated alkanes) is 1. The summed E-state index contributed by atoms with van der Waals surface area (Å²) in [4.78, 5) is 19.1.